The summed E-state index contributed by atoms with van der Waals surface area (Å²) in [7, 11) is 0. The van der Waals surface area contributed by atoms with Gasteiger partial charge in [-0.25, -0.2) is 9.59 Å². The number of aryl methyl sites for hydroxylation is 1. The number of anilines is 1. The zero-order valence-electron chi connectivity index (χ0n) is 25.3. The lowest BCUT2D eigenvalue weighted by Crippen LogP contribution is -2.51. The summed E-state index contributed by atoms with van der Waals surface area (Å²) >= 11 is 0. The smallest absolute Gasteiger partial charge is 0.410 e. The van der Waals surface area contributed by atoms with Crippen LogP contribution in [0, 0.1) is 6.92 Å². The highest BCUT2D eigenvalue weighted by Crippen LogP contribution is 2.21. The molecule has 0 spiro atoms. The minimum Gasteiger partial charge on any atom is -0.445 e. The second-order valence-corrected chi connectivity index (χ2v) is 10.6. The largest absolute Gasteiger partial charge is 0.445 e. The second kappa shape index (κ2) is 16.8. The van der Waals surface area contributed by atoms with Gasteiger partial charge in [0.1, 0.15) is 24.3 Å². The number of carbonyl (C=O) groups is 4. The van der Waals surface area contributed by atoms with Gasteiger partial charge in [0.15, 0.2) is 5.96 Å². The van der Waals surface area contributed by atoms with Gasteiger partial charge in [-0.15, -0.1) is 12.4 Å². The molecule has 4 rings (SSSR count). The third-order valence-corrected chi connectivity index (χ3v) is 7.23. The third kappa shape index (κ3) is 9.95. The lowest BCUT2D eigenvalue weighted by Gasteiger charge is -2.23. The molecule has 246 valence electrons. The maximum atomic E-state index is 13.2. The minimum absolute atomic E-state index is 0. The number of rotatable bonds is 12. The van der Waals surface area contributed by atoms with E-state index in [1.54, 1.807) is 19.1 Å². The summed E-state index contributed by atoms with van der Waals surface area (Å²) < 4.78 is 10.6. The standard InChI is InChI=1S/C31H37N7O7.ClH/c1-19-15-27(40)45-25-16-21(11-12-22(19)25)36-28(41)23(9-5-13-34-30(32)33)37-26(39)17-35-29(42)24-10-6-14-38(24)31(43)44-18-20-7-3-2-4-8-20;/h2-4,7-8,11-12,15-16,23-24H,5-6,9-10,13-14,17-18H2,1H3,(H,35,42)(H,36,41)(H,37,39)(H4,32,33,34);1H/t23-,24-;/m0./s1. The van der Waals surface area contributed by atoms with Crippen molar-refractivity contribution in [2.24, 2.45) is 16.5 Å². The monoisotopic (exact) mass is 655 g/mol. The lowest BCUT2D eigenvalue weighted by atomic mass is 10.1. The molecule has 15 heteroatoms. The van der Waals surface area contributed by atoms with E-state index in [4.69, 9.17) is 20.6 Å². The molecule has 14 nitrogen and oxygen atoms in total. The number of aliphatic imine (C=N–C) groups is 1. The first-order chi connectivity index (χ1) is 21.6. The van der Waals surface area contributed by atoms with Crippen LogP contribution in [0.15, 0.2) is 68.8 Å². The van der Waals surface area contributed by atoms with Gasteiger partial charge >= 0.3 is 11.7 Å². The predicted molar refractivity (Wildman–Crippen MR) is 174 cm³/mol. The topological polar surface area (TPSA) is 211 Å². The molecule has 3 aromatic rings. The first kappa shape index (κ1) is 35.4. The molecule has 1 fully saturated rings. The van der Waals surface area contributed by atoms with E-state index in [1.807, 2.05) is 30.3 Å². The van der Waals surface area contributed by atoms with Crippen LogP contribution in [0.3, 0.4) is 0 Å². The van der Waals surface area contributed by atoms with Gasteiger partial charge in [0.25, 0.3) is 0 Å². The molecule has 2 atom stereocenters. The van der Waals surface area contributed by atoms with Crippen molar-refractivity contribution >= 4 is 58.8 Å². The molecule has 7 N–H and O–H groups in total. The van der Waals surface area contributed by atoms with E-state index in [1.165, 1.54) is 17.0 Å². The van der Waals surface area contributed by atoms with E-state index in [9.17, 15) is 24.0 Å². The molecule has 1 saturated heterocycles. The SMILES string of the molecule is Cc1cc(=O)oc2cc(NC(=O)[C@H](CCCN=C(N)N)NC(=O)CNC(=O)[C@@H]3CCCN3C(=O)OCc3ccccc3)ccc12.Cl. The first-order valence-electron chi connectivity index (χ1n) is 14.6. The summed E-state index contributed by atoms with van der Waals surface area (Å²) in [6, 6.07) is 13.7. The zero-order valence-corrected chi connectivity index (χ0v) is 26.1. The van der Waals surface area contributed by atoms with Crippen molar-refractivity contribution in [3.63, 3.8) is 0 Å². The molecular weight excluding hydrogens is 618 g/mol. The highest BCUT2D eigenvalue weighted by atomic mass is 35.5. The van der Waals surface area contributed by atoms with Crippen LogP contribution in [0.25, 0.3) is 11.0 Å². The summed E-state index contributed by atoms with van der Waals surface area (Å²) in [4.78, 5) is 68.8. The number of halogens is 1. The highest BCUT2D eigenvalue weighted by Gasteiger charge is 2.35. The molecule has 0 bridgehead atoms. The Morgan fingerprint density at radius 3 is 2.61 bits per heavy atom. The summed E-state index contributed by atoms with van der Waals surface area (Å²) in [5, 5.41) is 8.66. The van der Waals surface area contributed by atoms with Crippen molar-refractivity contribution in [3.8, 4) is 0 Å². The van der Waals surface area contributed by atoms with Gasteiger partial charge in [0.2, 0.25) is 17.7 Å². The Kier molecular flexibility index (Phi) is 12.9. The van der Waals surface area contributed by atoms with Gasteiger partial charge in [-0.3, -0.25) is 24.3 Å². The van der Waals surface area contributed by atoms with Crippen molar-refractivity contribution in [1.82, 2.24) is 15.5 Å². The second-order valence-electron chi connectivity index (χ2n) is 10.6. The molecule has 0 saturated carbocycles. The number of likely N-dealkylation sites (tertiary alicyclic amines) is 1. The van der Waals surface area contributed by atoms with E-state index < -0.39 is 48.1 Å². The van der Waals surface area contributed by atoms with Gasteiger partial charge < -0.3 is 36.6 Å². The minimum atomic E-state index is -1.00. The van der Waals surface area contributed by atoms with E-state index >= 15 is 0 Å². The molecule has 2 heterocycles. The predicted octanol–water partition coefficient (Wildman–Crippen LogP) is 1.92. The molecule has 1 aliphatic heterocycles. The van der Waals surface area contributed by atoms with Crippen molar-refractivity contribution in [2.45, 2.75) is 51.3 Å². The van der Waals surface area contributed by atoms with Gasteiger partial charge in [-0.05, 0) is 55.9 Å². The number of fused-ring (bicyclic) bond motifs is 1. The van der Waals surface area contributed by atoms with Crippen LogP contribution >= 0.6 is 12.4 Å². The van der Waals surface area contributed by atoms with Gasteiger partial charge in [0, 0.05) is 36.3 Å². The number of amides is 4. The van der Waals surface area contributed by atoms with Crippen LogP contribution in [0.1, 0.15) is 36.8 Å². The Morgan fingerprint density at radius 2 is 1.87 bits per heavy atom. The number of ether oxygens (including phenoxy) is 1. The van der Waals surface area contributed by atoms with Crippen LogP contribution in [0.5, 0.6) is 0 Å². The molecule has 2 aromatic carbocycles. The van der Waals surface area contributed by atoms with Crippen LogP contribution in [-0.4, -0.2) is 66.4 Å². The average Bonchev–Trinajstić information content (AvgIpc) is 3.51. The van der Waals surface area contributed by atoms with E-state index in [-0.39, 0.29) is 37.9 Å². The quantitative estimate of drug-likeness (QED) is 0.0833. The maximum absolute atomic E-state index is 13.2. The Morgan fingerprint density at radius 1 is 1.11 bits per heavy atom. The summed E-state index contributed by atoms with van der Waals surface area (Å²) in [6.07, 6.45) is 0.987. The number of nitrogens with two attached hydrogens (primary N) is 2. The maximum Gasteiger partial charge on any atom is 0.410 e. The molecule has 0 aliphatic carbocycles. The number of hydrogen-bond acceptors (Lipinski definition) is 8. The van der Waals surface area contributed by atoms with Crippen molar-refractivity contribution in [2.75, 3.05) is 25.0 Å². The number of guanidine groups is 1. The molecule has 1 aliphatic rings. The average molecular weight is 656 g/mol. The molecular formula is C31H38ClN7O7. The Hall–Kier alpha value is -5.11. The van der Waals surface area contributed by atoms with Crippen LogP contribution < -0.4 is 33.0 Å². The Labute approximate surface area is 271 Å². The lowest BCUT2D eigenvalue weighted by molar-refractivity contribution is -0.129. The molecule has 46 heavy (non-hydrogen) atoms. The number of hydrogen-bond donors (Lipinski definition) is 5. The Bertz CT molecular complexity index is 1630. The summed E-state index contributed by atoms with van der Waals surface area (Å²) in [6.45, 7) is 2.03. The molecule has 0 radical (unpaired) electrons. The van der Waals surface area contributed by atoms with E-state index in [0.717, 1.165) is 16.5 Å². The van der Waals surface area contributed by atoms with Gasteiger partial charge in [0.05, 0.1) is 6.54 Å². The van der Waals surface area contributed by atoms with E-state index in [2.05, 4.69) is 20.9 Å². The van der Waals surface area contributed by atoms with Crippen molar-refractivity contribution in [1.29, 1.82) is 0 Å². The number of carbonyl (C=O) groups excluding carboxylic acids is 4. The van der Waals surface area contributed by atoms with Gasteiger partial charge in [-0.2, -0.15) is 0 Å². The van der Waals surface area contributed by atoms with Gasteiger partial charge in [-0.1, -0.05) is 30.3 Å². The molecule has 1 aromatic heterocycles. The fraction of sp³-hybridized carbons (Fsp3) is 0.355. The Balaban J connectivity index is 0.00000576. The fourth-order valence-electron chi connectivity index (χ4n) is 5.00. The van der Waals surface area contributed by atoms with Crippen LogP contribution in [0.4, 0.5) is 10.5 Å². The summed E-state index contributed by atoms with van der Waals surface area (Å²) in [5.74, 6) is -1.74. The van der Waals surface area contributed by atoms with Crippen molar-refractivity contribution < 1.29 is 28.3 Å². The normalized spacial score (nSPS) is 14.5. The molecule has 4 amide bonds. The van der Waals surface area contributed by atoms with Crippen LogP contribution in [-0.2, 0) is 25.7 Å². The van der Waals surface area contributed by atoms with Crippen molar-refractivity contribution in [3.05, 3.63) is 76.1 Å². The number of nitrogens with one attached hydrogen (secondary N) is 3. The third-order valence-electron chi connectivity index (χ3n) is 7.23. The summed E-state index contributed by atoms with van der Waals surface area (Å²) in [5.41, 5.74) is 12.5. The molecule has 0 unspecified atom stereocenters. The fourth-order valence-corrected chi connectivity index (χ4v) is 5.00. The first-order valence-corrected chi connectivity index (χ1v) is 14.6. The number of benzene rings is 2. The number of nitrogens with zero attached hydrogens (tertiary/aromatic N) is 2. The zero-order chi connectivity index (χ0) is 32.3. The van der Waals surface area contributed by atoms with E-state index in [0.29, 0.717) is 37.1 Å². The highest BCUT2D eigenvalue weighted by molar-refractivity contribution is 5.99. The van der Waals surface area contributed by atoms with Crippen LogP contribution in [0.2, 0.25) is 0 Å².